The highest BCUT2D eigenvalue weighted by Crippen LogP contribution is 2.19. The van der Waals surface area contributed by atoms with E-state index in [4.69, 9.17) is 12.2 Å². The summed E-state index contributed by atoms with van der Waals surface area (Å²) in [5.41, 5.74) is 3.48. The van der Waals surface area contributed by atoms with E-state index < -0.39 is 0 Å². The van der Waals surface area contributed by atoms with Crippen LogP contribution in [0.3, 0.4) is 0 Å². The summed E-state index contributed by atoms with van der Waals surface area (Å²) in [6, 6.07) is 21.9. The molecule has 2 aromatic carbocycles. The van der Waals surface area contributed by atoms with E-state index in [1.54, 1.807) is 11.3 Å². The van der Waals surface area contributed by atoms with Crippen LogP contribution in [-0.4, -0.2) is 15.0 Å². The molecule has 0 aliphatic carbocycles. The molecular formula is C23H21N3OS2. The molecule has 2 heterocycles. The van der Waals surface area contributed by atoms with E-state index >= 15 is 0 Å². The van der Waals surface area contributed by atoms with Gasteiger partial charge in [0.15, 0.2) is 5.11 Å². The Balaban J connectivity index is 1.64. The molecule has 0 saturated heterocycles. The second-order valence-electron chi connectivity index (χ2n) is 6.89. The van der Waals surface area contributed by atoms with Crippen molar-refractivity contribution in [2.75, 3.05) is 5.32 Å². The van der Waals surface area contributed by atoms with Crippen molar-refractivity contribution in [1.29, 1.82) is 0 Å². The molecule has 4 aromatic rings. The summed E-state index contributed by atoms with van der Waals surface area (Å²) in [6.45, 7) is 3.07. The molecule has 0 radical (unpaired) electrons. The first kappa shape index (κ1) is 19.4. The maximum absolute atomic E-state index is 12.8. The van der Waals surface area contributed by atoms with E-state index in [0.717, 1.165) is 22.2 Å². The number of benzene rings is 2. The van der Waals surface area contributed by atoms with Crippen LogP contribution in [0.25, 0.3) is 10.9 Å². The summed E-state index contributed by atoms with van der Waals surface area (Å²) in [5.74, 6) is 0. The predicted molar refractivity (Wildman–Crippen MR) is 126 cm³/mol. The number of thiocarbonyl (C=S) groups is 1. The fourth-order valence-corrected chi connectivity index (χ4v) is 4.23. The molecule has 0 bridgehead atoms. The zero-order chi connectivity index (χ0) is 20.2. The normalized spacial score (nSPS) is 10.8. The van der Waals surface area contributed by atoms with Gasteiger partial charge in [-0.1, -0.05) is 42.5 Å². The Kier molecular flexibility index (Phi) is 5.74. The van der Waals surface area contributed by atoms with E-state index in [1.807, 2.05) is 77.9 Å². The van der Waals surface area contributed by atoms with Gasteiger partial charge in [-0.2, -0.15) is 0 Å². The van der Waals surface area contributed by atoms with Crippen LogP contribution in [0.2, 0.25) is 0 Å². The van der Waals surface area contributed by atoms with Crippen LogP contribution in [0.15, 0.2) is 76.9 Å². The second kappa shape index (κ2) is 8.59. The number of pyridine rings is 1. The molecule has 0 unspecified atom stereocenters. The van der Waals surface area contributed by atoms with Gasteiger partial charge in [-0.05, 0) is 59.7 Å². The smallest absolute Gasteiger partial charge is 0.253 e. The van der Waals surface area contributed by atoms with Gasteiger partial charge in [-0.25, -0.2) is 0 Å². The van der Waals surface area contributed by atoms with Crippen molar-refractivity contribution < 1.29 is 0 Å². The molecule has 0 fully saturated rings. The van der Waals surface area contributed by atoms with E-state index in [2.05, 4.69) is 16.4 Å². The first-order valence-electron chi connectivity index (χ1n) is 9.35. The average Bonchev–Trinajstić information content (AvgIpc) is 3.23. The number of nitrogens with one attached hydrogen (secondary N) is 2. The van der Waals surface area contributed by atoms with E-state index in [9.17, 15) is 4.79 Å². The topological polar surface area (TPSA) is 48.1 Å². The van der Waals surface area contributed by atoms with Crippen LogP contribution >= 0.6 is 23.6 Å². The third-order valence-corrected chi connectivity index (χ3v) is 5.99. The molecule has 29 heavy (non-hydrogen) atoms. The SMILES string of the molecule is Cc1cccc2cc(CN(Cc3cccs3)C(=S)Nc3ccccc3)c(=O)[nH]c12. The number of thiophene rings is 1. The molecule has 6 heteroatoms. The number of anilines is 1. The molecular weight excluding hydrogens is 398 g/mol. The molecule has 0 aliphatic rings. The number of hydrogen-bond donors (Lipinski definition) is 2. The maximum Gasteiger partial charge on any atom is 0.253 e. The van der Waals surface area contributed by atoms with Gasteiger partial charge in [-0.3, -0.25) is 4.79 Å². The van der Waals surface area contributed by atoms with Crippen molar-refractivity contribution >= 4 is 45.3 Å². The number of H-pyrrole nitrogens is 1. The van der Waals surface area contributed by atoms with Gasteiger partial charge in [0.25, 0.3) is 5.56 Å². The highest BCUT2D eigenvalue weighted by atomic mass is 32.1. The van der Waals surface area contributed by atoms with Crippen LogP contribution in [0, 0.1) is 6.92 Å². The van der Waals surface area contributed by atoms with Crippen molar-refractivity contribution in [2.45, 2.75) is 20.0 Å². The minimum absolute atomic E-state index is 0.0782. The number of aromatic amines is 1. The first-order valence-corrected chi connectivity index (χ1v) is 10.6. The van der Waals surface area contributed by atoms with Crippen molar-refractivity contribution in [1.82, 2.24) is 9.88 Å². The fourth-order valence-electron chi connectivity index (χ4n) is 3.27. The lowest BCUT2D eigenvalue weighted by atomic mass is 10.1. The van der Waals surface area contributed by atoms with Gasteiger partial charge in [0.1, 0.15) is 0 Å². The monoisotopic (exact) mass is 419 g/mol. The fraction of sp³-hybridized carbons (Fsp3) is 0.130. The lowest BCUT2D eigenvalue weighted by Crippen LogP contribution is -2.35. The lowest BCUT2D eigenvalue weighted by Gasteiger charge is -2.25. The Morgan fingerprint density at radius 2 is 1.90 bits per heavy atom. The zero-order valence-corrected chi connectivity index (χ0v) is 17.6. The summed E-state index contributed by atoms with van der Waals surface area (Å²) in [5, 5.41) is 6.96. The Morgan fingerprint density at radius 1 is 1.07 bits per heavy atom. The standard InChI is InChI=1S/C23H21N3OS2/c1-16-7-5-8-17-13-18(22(27)25-21(16)17)14-26(15-20-11-6-12-29-20)23(28)24-19-9-3-2-4-10-19/h2-13H,14-15H2,1H3,(H,24,28)(H,25,27). The predicted octanol–water partition coefficient (Wildman–Crippen LogP) is 5.30. The van der Waals surface area contributed by atoms with Gasteiger partial charge in [0.05, 0.1) is 18.6 Å². The van der Waals surface area contributed by atoms with Gasteiger partial charge >= 0.3 is 0 Å². The third-order valence-electron chi connectivity index (χ3n) is 4.77. The van der Waals surface area contributed by atoms with Crippen molar-refractivity contribution in [3.8, 4) is 0 Å². The van der Waals surface area contributed by atoms with Gasteiger partial charge in [-0.15, -0.1) is 11.3 Å². The average molecular weight is 420 g/mol. The first-order chi connectivity index (χ1) is 14.1. The molecule has 4 nitrogen and oxygen atoms in total. The molecule has 0 atom stereocenters. The number of aryl methyl sites for hydroxylation is 1. The van der Waals surface area contributed by atoms with Crippen molar-refractivity contribution in [3.05, 3.63) is 98.5 Å². The van der Waals surface area contributed by atoms with Gasteiger partial charge in [0, 0.05) is 16.1 Å². The van der Waals surface area contributed by atoms with Crippen LogP contribution in [0.4, 0.5) is 5.69 Å². The number of hydrogen-bond acceptors (Lipinski definition) is 3. The summed E-state index contributed by atoms with van der Waals surface area (Å²) in [6.07, 6.45) is 0. The Bertz CT molecular complexity index is 1180. The number of para-hydroxylation sites is 2. The van der Waals surface area contributed by atoms with Gasteiger partial charge in [0.2, 0.25) is 0 Å². The van der Waals surface area contributed by atoms with Crippen LogP contribution in [0.1, 0.15) is 16.0 Å². The largest absolute Gasteiger partial charge is 0.339 e. The third kappa shape index (κ3) is 4.55. The Hall–Kier alpha value is -2.96. The number of fused-ring (bicyclic) bond motifs is 1. The number of rotatable bonds is 5. The molecule has 2 N–H and O–H groups in total. The summed E-state index contributed by atoms with van der Waals surface area (Å²) in [4.78, 5) is 19.0. The van der Waals surface area contributed by atoms with E-state index in [1.165, 1.54) is 4.88 Å². The maximum atomic E-state index is 12.8. The molecule has 0 amide bonds. The molecule has 2 aromatic heterocycles. The van der Waals surface area contributed by atoms with E-state index in [0.29, 0.717) is 23.8 Å². The quantitative estimate of drug-likeness (QED) is 0.431. The molecule has 0 aliphatic heterocycles. The molecule has 4 rings (SSSR count). The van der Waals surface area contributed by atoms with Crippen LogP contribution < -0.4 is 10.9 Å². The highest BCUT2D eigenvalue weighted by Gasteiger charge is 2.15. The van der Waals surface area contributed by atoms with Gasteiger partial charge < -0.3 is 15.2 Å². The van der Waals surface area contributed by atoms with Crippen LogP contribution in [-0.2, 0) is 13.1 Å². The van der Waals surface area contributed by atoms with Crippen molar-refractivity contribution in [2.24, 2.45) is 0 Å². The van der Waals surface area contributed by atoms with E-state index in [-0.39, 0.29) is 5.56 Å². The summed E-state index contributed by atoms with van der Waals surface area (Å²) < 4.78 is 0. The van der Waals surface area contributed by atoms with Crippen molar-refractivity contribution in [3.63, 3.8) is 0 Å². The highest BCUT2D eigenvalue weighted by molar-refractivity contribution is 7.80. The Labute approximate surface area is 178 Å². The Morgan fingerprint density at radius 3 is 2.66 bits per heavy atom. The minimum Gasteiger partial charge on any atom is -0.339 e. The summed E-state index contributed by atoms with van der Waals surface area (Å²) >= 11 is 7.38. The second-order valence-corrected chi connectivity index (χ2v) is 8.31. The summed E-state index contributed by atoms with van der Waals surface area (Å²) in [7, 11) is 0. The molecule has 0 spiro atoms. The number of aromatic nitrogens is 1. The lowest BCUT2D eigenvalue weighted by molar-refractivity contribution is 0.415. The number of nitrogens with zero attached hydrogens (tertiary/aromatic N) is 1. The minimum atomic E-state index is -0.0782. The molecule has 0 saturated carbocycles. The molecule has 146 valence electrons. The zero-order valence-electron chi connectivity index (χ0n) is 16.0. The van der Waals surface area contributed by atoms with Crippen LogP contribution in [0.5, 0.6) is 0 Å².